The number of aromatic nitrogens is 1. The number of benzene rings is 1. The Morgan fingerprint density at radius 2 is 1.71 bits per heavy atom. The monoisotopic (exact) mass is 375 g/mol. The first-order valence-corrected chi connectivity index (χ1v) is 11.1. The quantitative estimate of drug-likeness (QED) is 0.611. The zero-order chi connectivity index (χ0) is 19.5. The number of nitrogens with zero attached hydrogens (tertiary/aromatic N) is 3. The van der Waals surface area contributed by atoms with E-state index in [1.54, 1.807) is 6.08 Å². The molecular formula is C25H33N3. The fraction of sp³-hybridized carbons (Fsp3) is 0.560. The Morgan fingerprint density at radius 1 is 1.00 bits per heavy atom. The van der Waals surface area contributed by atoms with E-state index in [1.807, 2.05) is 6.08 Å². The van der Waals surface area contributed by atoms with Gasteiger partial charge in [0.15, 0.2) is 0 Å². The molecule has 1 saturated heterocycles. The third kappa shape index (κ3) is 3.89. The molecule has 0 radical (unpaired) electrons. The third-order valence-corrected chi connectivity index (χ3v) is 7.20. The highest BCUT2D eigenvalue weighted by Gasteiger charge is 2.30. The van der Waals surface area contributed by atoms with Gasteiger partial charge in [-0.2, -0.15) is 5.26 Å². The molecule has 2 aromatic rings. The normalized spacial score (nSPS) is 24.9. The summed E-state index contributed by atoms with van der Waals surface area (Å²) < 4.78 is 2.47. The smallest absolute Gasteiger partial charge is 0.0912 e. The van der Waals surface area contributed by atoms with E-state index in [2.05, 4.69) is 59.8 Å². The lowest BCUT2D eigenvalue weighted by Crippen LogP contribution is -2.43. The highest BCUT2D eigenvalue weighted by molar-refractivity contribution is 5.89. The summed E-state index contributed by atoms with van der Waals surface area (Å²) in [6, 6.07) is 12.1. The zero-order valence-corrected chi connectivity index (χ0v) is 17.3. The zero-order valence-electron chi connectivity index (χ0n) is 17.3. The van der Waals surface area contributed by atoms with Gasteiger partial charge in [-0.05, 0) is 62.5 Å². The molecule has 2 heterocycles. The van der Waals surface area contributed by atoms with Crippen molar-refractivity contribution in [2.45, 2.75) is 64.5 Å². The van der Waals surface area contributed by atoms with E-state index in [4.69, 9.17) is 5.26 Å². The Bertz CT molecular complexity index is 854. The standard InChI is InChI=1S/C25H33N3/c1-19(2)20-9-11-22(12-10-20)27-16-13-23(14-17-27)28-18-21(6-5-15-26)24-7-3-4-8-25(24)28/h3-8,18-20,22-23H,9-14,16-17H2,1-2H3/b6-5+/t20-,22+. The van der Waals surface area contributed by atoms with Crippen LogP contribution in [0.5, 0.6) is 0 Å². The summed E-state index contributed by atoms with van der Waals surface area (Å²) in [6.07, 6.45) is 13.9. The van der Waals surface area contributed by atoms with Crippen molar-refractivity contribution in [3.63, 3.8) is 0 Å². The van der Waals surface area contributed by atoms with Crippen LogP contribution in [-0.2, 0) is 0 Å². The van der Waals surface area contributed by atoms with Crippen LogP contribution in [-0.4, -0.2) is 28.6 Å². The molecule has 148 valence electrons. The van der Waals surface area contributed by atoms with Gasteiger partial charge in [0.25, 0.3) is 0 Å². The van der Waals surface area contributed by atoms with Gasteiger partial charge in [-0.3, -0.25) is 0 Å². The average Bonchev–Trinajstić information content (AvgIpc) is 3.11. The van der Waals surface area contributed by atoms with Gasteiger partial charge in [0.2, 0.25) is 0 Å². The van der Waals surface area contributed by atoms with Crippen molar-refractivity contribution in [2.24, 2.45) is 11.8 Å². The van der Waals surface area contributed by atoms with Gasteiger partial charge < -0.3 is 9.47 Å². The number of fused-ring (bicyclic) bond motifs is 1. The van der Waals surface area contributed by atoms with Crippen LogP contribution in [0.15, 0.2) is 36.5 Å². The number of rotatable bonds is 4. The summed E-state index contributed by atoms with van der Waals surface area (Å²) in [7, 11) is 0. The Hall–Kier alpha value is -2.05. The second-order valence-corrected chi connectivity index (χ2v) is 9.05. The SMILES string of the molecule is CC(C)[C@H]1CC[C@@H](N2CCC(n3cc(/C=C/C#N)c4ccccc43)CC2)CC1. The summed E-state index contributed by atoms with van der Waals surface area (Å²) in [5, 5.41) is 10.2. The molecule has 1 aromatic heterocycles. The number of likely N-dealkylation sites (tertiary alicyclic amines) is 1. The van der Waals surface area contributed by atoms with Crippen molar-refractivity contribution < 1.29 is 0 Å². The predicted octanol–water partition coefficient (Wildman–Crippen LogP) is 6.03. The van der Waals surface area contributed by atoms with Crippen LogP contribution < -0.4 is 0 Å². The minimum Gasteiger partial charge on any atom is -0.344 e. The van der Waals surface area contributed by atoms with E-state index in [-0.39, 0.29) is 0 Å². The number of nitriles is 1. The first-order valence-electron chi connectivity index (χ1n) is 11.1. The van der Waals surface area contributed by atoms with Gasteiger partial charge in [-0.1, -0.05) is 32.0 Å². The molecule has 3 heteroatoms. The van der Waals surface area contributed by atoms with Crippen molar-refractivity contribution in [2.75, 3.05) is 13.1 Å². The van der Waals surface area contributed by atoms with Gasteiger partial charge in [0, 0.05) is 53.9 Å². The molecule has 0 atom stereocenters. The summed E-state index contributed by atoms with van der Waals surface area (Å²) in [6.45, 7) is 7.21. The van der Waals surface area contributed by atoms with Crippen molar-refractivity contribution in [3.8, 4) is 6.07 Å². The Balaban J connectivity index is 1.43. The van der Waals surface area contributed by atoms with Crippen LogP contribution in [0.25, 0.3) is 17.0 Å². The molecule has 28 heavy (non-hydrogen) atoms. The summed E-state index contributed by atoms with van der Waals surface area (Å²) in [5.74, 6) is 1.79. The number of hydrogen-bond donors (Lipinski definition) is 0. The van der Waals surface area contributed by atoms with Crippen molar-refractivity contribution in [3.05, 3.63) is 42.1 Å². The molecule has 1 aromatic carbocycles. The van der Waals surface area contributed by atoms with Gasteiger partial charge in [-0.15, -0.1) is 0 Å². The number of piperidine rings is 1. The number of hydrogen-bond acceptors (Lipinski definition) is 2. The lowest BCUT2D eigenvalue weighted by molar-refractivity contribution is 0.0894. The molecule has 0 N–H and O–H groups in total. The van der Waals surface area contributed by atoms with Crippen molar-refractivity contribution >= 4 is 17.0 Å². The maximum absolute atomic E-state index is 8.91. The van der Waals surface area contributed by atoms with Crippen LogP contribution in [0.3, 0.4) is 0 Å². The van der Waals surface area contributed by atoms with E-state index < -0.39 is 0 Å². The van der Waals surface area contributed by atoms with Crippen LogP contribution in [0, 0.1) is 23.2 Å². The highest BCUT2D eigenvalue weighted by Crippen LogP contribution is 2.36. The van der Waals surface area contributed by atoms with Gasteiger partial charge in [0.05, 0.1) is 6.07 Å². The van der Waals surface area contributed by atoms with Gasteiger partial charge in [-0.25, -0.2) is 0 Å². The lowest BCUT2D eigenvalue weighted by Gasteiger charge is -2.42. The fourth-order valence-electron chi connectivity index (χ4n) is 5.46. The van der Waals surface area contributed by atoms with Crippen LogP contribution in [0.2, 0.25) is 0 Å². The maximum Gasteiger partial charge on any atom is 0.0912 e. The highest BCUT2D eigenvalue weighted by atomic mass is 15.2. The van der Waals surface area contributed by atoms with E-state index in [1.165, 1.54) is 62.5 Å². The molecule has 2 aliphatic rings. The van der Waals surface area contributed by atoms with Gasteiger partial charge in [0.1, 0.15) is 0 Å². The first-order chi connectivity index (χ1) is 13.7. The maximum atomic E-state index is 8.91. The molecule has 0 unspecified atom stereocenters. The molecule has 4 rings (SSSR count). The Morgan fingerprint density at radius 3 is 2.39 bits per heavy atom. The van der Waals surface area contributed by atoms with E-state index in [0.29, 0.717) is 6.04 Å². The van der Waals surface area contributed by atoms with Crippen LogP contribution >= 0.6 is 0 Å². The molecule has 1 aliphatic carbocycles. The molecule has 3 nitrogen and oxygen atoms in total. The van der Waals surface area contributed by atoms with Crippen LogP contribution in [0.4, 0.5) is 0 Å². The largest absolute Gasteiger partial charge is 0.344 e. The lowest BCUT2D eigenvalue weighted by atomic mass is 9.79. The molecule has 1 saturated carbocycles. The van der Waals surface area contributed by atoms with E-state index >= 15 is 0 Å². The summed E-state index contributed by atoms with van der Waals surface area (Å²) in [5.41, 5.74) is 2.46. The minimum absolute atomic E-state index is 0.567. The average molecular weight is 376 g/mol. The topological polar surface area (TPSA) is 32.0 Å². The molecule has 0 bridgehead atoms. The Kier molecular flexibility index (Phi) is 5.87. The molecule has 1 aliphatic heterocycles. The molecule has 0 amide bonds. The third-order valence-electron chi connectivity index (χ3n) is 7.20. The second-order valence-electron chi connectivity index (χ2n) is 9.05. The predicted molar refractivity (Wildman–Crippen MR) is 117 cm³/mol. The van der Waals surface area contributed by atoms with Crippen LogP contribution in [0.1, 0.15) is 64.0 Å². The number of para-hydroxylation sites is 1. The fourth-order valence-corrected chi connectivity index (χ4v) is 5.46. The molecular weight excluding hydrogens is 342 g/mol. The minimum atomic E-state index is 0.567. The second kappa shape index (κ2) is 8.53. The van der Waals surface area contributed by atoms with E-state index in [0.717, 1.165) is 23.4 Å². The summed E-state index contributed by atoms with van der Waals surface area (Å²) in [4.78, 5) is 2.77. The first kappa shape index (κ1) is 19.3. The van der Waals surface area contributed by atoms with Crippen molar-refractivity contribution in [1.82, 2.24) is 9.47 Å². The van der Waals surface area contributed by atoms with Crippen molar-refractivity contribution in [1.29, 1.82) is 5.26 Å². The Labute approximate surface area is 169 Å². The number of allylic oxidation sites excluding steroid dienone is 1. The molecule has 2 fully saturated rings. The summed E-state index contributed by atoms with van der Waals surface area (Å²) >= 11 is 0. The van der Waals surface area contributed by atoms with Gasteiger partial charge >= 0.3 is 0 Å². The molecule has 0 spiro atoms. The van der Waals surface area contributed by atoms with E-state index in [9.17, 15) is 0 Å².